The minimum atomic E-state index is 0.0111. The molecule has 0 bridgehead atoms. The highest BCUT2D eigenvalue weighted by molar-refractivity contribution is 5.97. The molecule has 122 valence electrons. The molecule has 7 nitrogen and oxygen atoms in total. The zero-order chi connectivity index (χ0) is 16.7. The Morgan fingerprint density at radius 2 is 2.12 bits per heavy atom. The van der Waals surface area contributed by atoms with Crippen molar-refractivity contribution in [2.24, 2.45) is 5.92 Å². The molecule has 0 spiro atoms. The lowest BCUT2D eigenvalue weighted by Gasteiger charge is -2.07. The first-order valence-electron chi connectivity index (χ1n) is 8.04. The van der Waals surface area contributed by atoms with Crippen molar-refractivity contribution >= 4 is 28.3 Å². The van der Waals surface area contributed by atoms with Crippen molar-refractivity contribution in [1.29, 1.82) is 0 Å². The molecular formula is C17H18N6O. The van der Waals surface area contributed by atoms with Gasteiger partial charge in [-0.05, 0) is 43.5 Å². The maximum absolute atomic E-state index is 11.9. The monoisotopic (exact) mass is 322 g/mol. The molecule has 3 N–H and O–H groups in total. The Bertz CT molecular complexity index is 928. The summed E-state index contributed by atoms with van der Waals surface area (Å²) in [5.74, 6) is 0.594. The van der Waals surface area contributed by atoms with Crippen molar-refractivity contribution in [2.45, 2.75) is 26.3 Å². The lowest BCUT2D eigenvalue weighted by molar-refractivity contribution is -0.117. The van der Waals surface area contributed by atoms with Crippen molar-refractivity contribution in [1.82, 2.24) is 20.0 Å². The number of carbonyl (C=O) groups is 1. The maximum Gasteiger partial charge on any atom is 0.228 e. The number of nitrogens with one attached hydrogen (secondary N) is 1. The molecule has 1 aromatic carbocycles. The Kier molecular flexibility index (Phi) is 3.41. The number of rotatable bonds is 4. The van der Waals surface area contributed by atoms with Crippen LogP contribution in [0.2, 0.25) is 0 Å². The molecule has 0 saturated heterocycles. The van der Waals surface area contributed by atoms with Gasteiger partial charge in [-0.15, -0.1) is 10.2 Å². The second-order valence-electron chi connectivity index (χ2n) is 6.08. The molecule has 0 unspecified atom stereocenters. The Balaban J connectivity index is 1.72. The van der Waals surface area contributed by atoms with Crippen molar-refractivity contribution in [2.75, 3.05) is 11.1 Å². The normalized spacial score (nSPS) is 14.0. The van der Waals surface area contributed by atoms with Gasteiger partial charge in [0.1, 0.15) is 5.52 Å². The van der Waals surface area contributed by atoms with Crippen LogP contribution >= 0.6 is 0 Å². The van der Waals surface area contributed by atoms with Crippen molar-refractivity contribution in [3.63, 3.8) is 0 Å². The number of nitrogens with two attached hydrogens (primary N) is 1. The van der Waals surface area contributed by atoms with Gasteiger partial charge in [0.25, 0.3) is 0 Å². The summed E-state index contributed by atoms with van der Waals surface area (Å²) in [6.07, 6.45) is 5.69. The quantitative estimate of drug-likeness (QED) is 0.719. The largest absolute Gasteiger partial charge is 0.397 e. The third kappa shape index (κ3) is 2.68. The van der Waals surface area contributed by atoms with E-state index in [1.165, 1.54) is 0 Å². The number of benzene rings is 1. The molecule has 2 heterocycles. The summed E-state index contributed by atoms with van der Waals surface area (Å²) >= 11 is 0. The number of anilines is 2. The standard InChI is InChI=1S/C17H18N6O/c1-2-23-9-13(8-19-23)11-5-12-7-15(20-17(24)10-3-4-10)21-22-16(12)14(18)6-11/h5-10H,2-4,18H2,1H3,(H,20,21,24). The summed E-state index contributed by atoms with van der Waals surface area (Å²) in [6.45, 7) is 2.85. The van der Waals surface area contributed by atoms with Gasteiger partial charge >= 0.3 is 0 Å². The summed E-state index contributed by atoms with van der Waals surface area (Å²) in [5, 5.41) is 16.2. The van der Waals surface area contributed by atoms with Crippen LogP contribution in [0.5, 0.6) is 0 Å². The third-order valence-corrected chi connectivity index (χ3v) is 4.21. The molecule has 3 aromatic rings. The Hall–Kier alpha value is -2.96. The number of fused-ring (bicyclic) bond motifs is 1. The minimum Gasteiger partial charge on any atom is -0.397 e. The summed E-state index contributed by atoms with van der Waals surface area (Å²) in [7, 11) is 0. The van der Waals surface area contributed by atoms with Crippen LogP contribution in [0.1, 0.15) is 19.8 Å². The van der Waals surface area contributed by atoms with E-state index in [2.05, 4.69) is 20.6 Å². The second kappa shape index (κ2) is 5.59. The smallest absolute Gasteiger partial charge is 0.228 e. The fraction of sp³-hybridized carbons (Fsp3) is 0.294. The molecule has 0 radical (unpaired) electrons. The van der Waals surface area contributed by atoms with Gasteiger partial charge in [-0.3, -0.25) is 9.48 Å². The minimum absolute atomic E-state index is 0.0111. The summed E-state index contributed by atoms with van der Waals surface area (Å²) < 4.78 is 1.86. The van der Waals surface area contributed by atoms with Gasteiger partial charge in [-0.2, -0.15) is 5.10 Å². The molecule has 1 saturated carbocycles. The van der Waals surface area contributed by atoms with E-state index in [0.29, 0.717) is 17.0 Å². The number of aryl methyl sites for hydroxylation is 1. The number of amides is 1. The molecule has 1 aliphatic carbocycles. The maximum atomic E-state index is 11.9. The number of aromatic nitrogens is 4. The molecule has 1 amide bonds. The molecule has 0 atom stereocenters. The molecule has 1 aliphatic rings. The van der Waals surface area contributed by atoms with Gasteiger partial charge in [0.2, 0.25) is 5.91 Å². The van der Waals surface area contributed by atoms with Crippen LogP contribution in [-0.4, -0.2) is 25.9 Å². The predicted octanol–water partition coefficient (Wildman–Crippen LogP) is 2.44. The molecule has 24 heavy (non-hydrogen) atoms. The lowest BCUT2D eigenvalue weighted by Crippen LogP contribution is -2.14. The van der Waals surface area contributed by atoms with Crippen LogP contribution in [0.25, 0.3) is 22.0 Å². The highest BCUT2D eigenvalue weighted by atomic mass is 16.2. The lowest BCUT2D eigenvalue weighted by atomic mass is 10.1. The van der Waals surface area contributed by atoms with E-state index in [4.69, 9.17) is 5.73 Å². The van der Waals surface area contributed by atoms with E-state index >= 15 is 0 Å². The molecule has 7 heteroatoms. The van der Waals surface area contributed by atoms with Crippen LogP contribution in [0, 0.1) is 5.92 Å². The van der Waals surface area contributed by atoms with Gasteiger partial charge in [-0.25, -0.2) is 0 Å². The van der Waals surface area contributed by atoms with Crippen LogP contribution in [0.15, 0.2) is 30.6 Å². The molecule has 0 aliphatic heterocycles. The zero-order valence-electron chi connectivity index (χ0n) is 13.4. The first-order valence-corrected chi connectivity index (χ1v) is 8.04. The van der Waals surface area contributed by atoms with Crippen LogP contribution in [0.3, 0.4) is 0 Å². The average Bonchev–Trinajstić information content (AvgIpc) is 3.32. The first kappa shape index (κ1) is 14.6. The van der Waals surface area contributed by atoms with Crippen LogP contribution in [-0.2, 0) is 11.3 Å². The Morgan fingerprint density at radius 1 is 1.29 bits per heavy atom. The van der Waals surface area contributed by atoms with Crippen molar-refractivity contribution in [3.8, 4) is 11.1 Å². The summed E-state index contributed by atoms with van der Waals surface area (Å²) in [5.41, 5.74) is 9.27. The van der Waals surface area contributed by atoms with Gasteiger partial charge in [-0.1, -0.05) is 0 Å². The highest BCUT2D eigenvalue weighted by Crippen LogP contribution is 2.31. The van der Waals surface area contributed by atoms with E-state index in [-0.39, 0.29) is 11.8 Å². The Morgan fingerprint density at radius 3 is 2.83 bits per heavy atom. The second-order valence-corrected chi connectivity index (χ2v) is 6.08. The van der Waals surface area contributed by atoms with Crippen molar-refractivity contribution < 1.29 is 4.79 Å². The van der Waals surface area contributed by atoms with E-state index in [1.54, 1.807) is 0 Å². The summed E-state index contributed by atoms with van der Waals surface area (Å²) in [4.78, 5) is 11.9. The van der Waals surface area contributed by atoms with Crippen LogP contribution in [0.4, 0.5) is 11.5 Å². The number of nitrogen functional groups attached to an aromatic ring is 1. The fourth-order valence-corrected chi connectivity index (χ4v) is 2.67. The van der Waals surface area contributed by atoms with Crippen LogP contribution < -0.4 is 11.1 Å². The number of hydrogen-bond donors (Lipinski definition) is 2. The Labute approximate surface area is 138 Å². The fourth-order valence-electron chi connectivity index (χ4n) is 2.67. The molecular weight excluding hydrogens is 304 g/mol. The number of hydrogen-bond acceptors (Lipinski definition) is 5. The van der Waals surface area contributed by atoms with E-state index in [0.717, 1.165) is 35.9 Å². The van der Waals surface area contributed by atoms with Gasteiger partial charge in [0.05, 0.1) is 11.9 Å². The third-order valence-electron chi connectivity index (χ3n) is 4.21. The van der Waals surface area contributed by atoms with Crippen molar-refractivity contribution in [3.05, 3.63) is 30.6 Å². The molecule has 4 rings (SSSR count). The number of nitrogens with zero attached hydrogens (tertiary/aromatic N) is 4. The highest BCUT2D eigenvalue weighted by Gasteiger charge is 2.29. The van der Waals surface area contributed by atoms with E-state index < -0.39 is 0 Å². The number of carbonyl (C=O) groups excluding carboxylic acids is 1. The zero-order valence-corrected chi connectivity index (χ0v) is 13.4. The van der Waals surface area contributed by atoms with Gasteiger partial charge in [0, 0.05) is 29.6 Å². The van der Waals surface area contributed by atoms with Gasteiger partial charge in [0.15, 0.2) is 5.82 Å². The van der Waals surface area contributed by atoms with E-state index in [9.17, 15) is 4.79 Å². The molecule has 1 fully saturated rings. The van der Waals surface area contributed by atoms with E-state index in [1.807, 2.05) is 42.2 Å². The van der Waals surface area contributed by atoms with Gasteiger partial charge < -0.3 is 11.1 Å². The predicted molar refractivity (Wildman–Crippen MR) is 92.2 cm³/mol. The summed E-state index contributed by atoms with van der Waals surface area (Å²) in [6, 6.07) is 5.67. The average molecular weight is 322 g/mol. The molecule has 2 aromatic heterocycles. The topological polar surface area (TPSA) is 98.7 Å². The first-order chi connectivity index (χ1) is 11.6. The SMILES string of the molecule is CCn1cc(-c2cc(N)c3nnc(NC(=O)C4CC4)cc3c2)cn1.